The Kier molecular flexibility index (Phi) is 4.83. The van der Waals surface area contributed by atoms with Crippen LogP contribution in [0.25, 0.3) is 0 Å². The van der Waals surface area contributed by atoms with Crippen LogP contribution in [-0.2, 0) is 11.2 Å². The molecule has 0 aliphatic carbocycles. The SMILES string of the molecule is COCCOc1cc(Cl)c2c(c1)C[C@H](C(C)C)N=C2. The van der Waals surface area contributed by atoms with E-state index in [4.69, 9.17) is 21.1 Å². The Bertz CT molecular complexity index is 471. The van der Waals surface area contributed by atoms with E-state index in [0.29, 0.717) is 30.2 Å². The largest absolute Gasteiger partial charge is 0.491 e. The normalized spacial score (nSPS) is 17.6. The molecule has 0 spiro atoms. The third kappa shape index (κ3) is 3.48. The van der Waals surface area contributed by atoms with Crippen molar-refractivity contribution in [1.82, 2.24) is 0 Å². The summed E-state index contributed by atoms with van der Waals surface area (Å²) in [6, 6.07) is 4.24. The monoisotopic (exact) mass is 281 g/mol. The van der Waals surface area contributed by atoms with E-state index >= 15 is 0 Å². The summed E-state index contributed by atoms with van der Waals surface area (Å²) in [5.74, 6) is 1.33. The van der Waals surface area contributed by atoms with Crippen LogP contribution >= 0.6 is 11.6 Å². The fourth-order valence-electron chi connectivity index (χ4n) is 2.14. The van der Waals surface area contributed by atoms with Gasteiger partial charge in [-0.05, 0) is 30.0 Å². The molecule has 0 unspecified atom stereocenters. The van der Waals surface area contributed by atoms with Crippen LogP contribution in [0.5, 0.6) is 5.75 Å². The molecule has 1 aliphatic heterocycles. The van der Waals surface area contributed by atoms with E-state index in [9.17, 15) is 0 Å². The Balaban J connectivity index is 2.18. The van der Waals surface area contributed by atoms with Crippen molar-refractivity contribution >= 4 is 17.8 Å². The minimum absolute atomic E-state index is 0.331. The van der Waals surface area contributed by atoms with Crippen LogP contribution in [0.2, 0.25) is 5.02 Å². The molecule has 0 aromatic heterocycles. The fourth-order valence-corrected chi connectivity index (χ4v) is 2.42. The van der Waals surface area contributed by atoms with E-state index in [2.05, 4.69) is 24.9 Å². The van der Waals surface area contributed by atoms with Gasteiger partial charge in [-0.25, -0.2) is 0 Å². The van der Waals surface area contributed by atoms with E-state index < -0.39 is 0 Å². The minimum Gasteiger partial charge on any atom is -0.491 e. The molecule has 0 saturated heterocycles. The first-order chi connectivity index (χ1) is 9.11. The Morgan fingerprint density at radius 3 is 2.84 bits per heavy atom. The molecule has 0 N–H and O–H groups in total. The van der Waals surface area contributed by atoms with Crippen LogP contribution < -0.4 is 4.74 Å². The molecule has 1 heterocycles. The molecule has 19 heavy (non-hydrogen) atoms. The Hall–Kier alpha value is -1.06. The molecule has 4 heteroatoms. The van der Waals surface area contributed by atoms with Gasteiger partial charge in [0.25, 0.3) is 0 Å². The molecular formula is C15H20ClNO2. The molecule has 1 aliphatic rings. The summed E-state index contributed by atoms with van der Waals surface area (Å²) in [7, 11) is 1.66. The predicted molar refractivity (Wildman–Crippen MR) is 78.7 cm³/mol. The molecule has 2 rings (SSSR count). The van der Waals surface area contributed by atoms with E-state index in [0.717, 1.165) is 17.7 Å². The topological polar surface area (TPSA) is 30.8 Å². The number of rotatable bonds is 5. The first kappa shape index (κ1) is 14.4. The second-order valence-corrected chi connectivity index (χ2v) is 5.52. The maximum Gasteiger partial charge on any atom is 0.121 e. The predicted octanol–water partition coefficient (Wildman–Crippen LogP) is 3.36. The number of halogens is 1. The zero-order valence-corrected chi connectivity index (χ0v) is 12.4. The van der Waals surface area contributed by atoms with Gasteiger partial charge in [-0.15, -0.1) is 0 Å². The van der Waals surface area contributed by atoms with Crippen molar-refractivity contribution in [3.63, 3.8) is 0 Å². The van der Waals surface area contributed by atoms with Crippen LogP contribution in [-0.4, -0.2) is 32.6 Å². The molecule has 0 bridgehead atoms. The second kappa shape index (κ2) is 6.40. The molecule has 3 nitrogen and oxygen atoms in total. The van der Waals surface area contributed by atoms with Crippen molar-refractivity contribution in [2.45, 2.75) is 26.3 Å². The van der Waals surface area contributed by atoms with Gasteiger partial charge < -0.3 is 9.47 Å². The highest BCUT2D eigenvalue weighted by Crippen LogP contribution is 2.30. The molecule has 1 aromatic rings. The van der Waals surface area contributed by atoms with Crippen LogP contribution in [0.3, 0.4) is 0 Å². The number of hydrogen-bond acceptors (Lipinski definition) is 3. The molecule has 1 aromatic carbocycles. The van der Waals surface area contributed by atoms with Gasteiger partial charge in [-0.2, -0.15) is 0 Å². The van der Waals surface area contributed by atoms with Crippen molar-refractivity contribution in [1.29, 1.82) is 0 Å². The Labute approximate surface area is 119 Å². The average Bonchev–Trinajstić information content (AvgIpc) is 2.38. The van der Waals surface area contributed by atoms with Crippen LogP contribution in [0.4, 0.5) is 0 Å². The van der Waals surface area contributed by atoms with Gasteiger partial charge in [-0.1, -0.05) is 25.4 Å². The van der Waals surface area contributed by atoms with Gasteiger partial charge in [-0.3, -0.25) is 4.99 Å². The maximum atomic E-state index is 6.28. The third-order valence-corrected chi connectivity index (χ3v) is 3.65. The second-order valence-electron chi connectivity index (χ2n) is 5.11. The molecule has 0 amide bonds. The van der Waals surface area contributed by atoms with Gasteiger partial charge in [0.15, 0.2) is 0 Å². The lowest BCUT2D eigenvalue weighted by atomic mass is 9.91. The smallest absolute Gasteiger partial charge is 0.121 e. The van der Waals surface area contributed by atoms with Crippen molar-refractivity contribution < 1.29 is 9.47 Å². The number of nitrogens with zero attached hydrogens (tertiary/aromatic N) is 1. The summed E-state index contributed by atoms with van der Waals surface area (Å²) in [5.41, 5.74) is 2.24. The number of fused-ring (bicyclic) bond motifs is 1. The molecule has 0 fully saturated rings. The standard InChI is InChI=1S/C15H20ClNO2/c1-10(2)15-7-11-6-12(19-5-4-18-3)8-14(16)13(11)9-17-15/h6,8-10,15H,4-5,7H2,1-3H3/t15-/m1/s1. The van der Waals surface area contributed by atoms with Gasteiger partial charge in [0.2, 0.25) is 0 Å². The molecule has 0 radical (unpaired) electrons. The van der Waals surface area contributed by atoms with Crippen molar-refractivity contribution in [2.75, 3.05) is 20.3 Å². The lowest BCUT2D eigenvalue weighted by Crippen LogP contribution is -2.21. The van der Waals surface area contributed by atoms with E-state index in [1.54, 1.807) is 7.11 Å². The van der Waals surface area contributed by atoms with E-state index in [1.165, 1.54) is 5.56 Å². The Morgan fingerprint density at radius 2 is 2.16 bits per heavy atom. The zero-order valence-electron chi connectivity index (χ0n) is 11.6. The average molecular weight is 282 g/mol. The van der Waals surface area contributed by atoms with Crippen molar-refractivity contribution in [3.8, 4) is 5.75 Å². The molecular weight excluding hydrogens is 262 g/mol. The Morgan fingerprint density at radius 1 is 1.37 bits per heavy atom. The first-order valence-corrected chi connectivity index (χ1v) is 6.97. The van der Waals surface area contributed by atoms with Crippen molar-refractivity contribution in [3.05, 3.63) is 28.3 Å². The first-order valence-electron chi connectivity index (χ1n) is 6.59. The summed E-state index contributed by atoms with van der Waals surface area (Å²) in [4.78, 5) is 4.57. The lowest BCUT2D eigenvalue weighted by molar-refractivity contribution is 0.146. The fraction of sp³-hybridized carbons (Fsp3) is 0.533. The van der Waals surface area contributed by atoms with E-state index in [-0.39, 0.29) is 0 Å². The summed E-state index contributed by atoms with van der Waals surface area (Å²) < 4.78 is 10.6. The summed E-state index contributed by atoms with van der Waals surface area (Å²) in [5, 5.41) is 0.705. The van der Waals surface area contributed by atoms with E-state index in [1.807, 2.05) is 12.3 Å². The zero-order chi connectivity index (χ0) is 13.8. The number of benzene rings is 1. The number of aliphatic imine (C=N–C) groups is 1. The summed E-state index contributed by atoms with van der Waals surface area (Å²) in [6.45, 7) is 5.49. The minimum atomic E-state index is 0.331. The summed E-state index contributed by atoms with van der Waals surface area (Å²) in [6.07, 6.45) is 2.81. The molecule has 104 valence electrons. The van der Waals surface area contributed by atoms with Gasteiger partial charge >= 0.3 is 0 Å². The molecule has 0 saturated carbocycles. The summed E-state index contributed by atoms with van der Waals surface area (Å²) >= 11 is 6.28. The van der Waals surface area contributed by atoms with Crippen LogP contribution in [0.1, 0.15) is 25.0 Å². The van der Waals surface area contributed by atoms with Crippen LogP contribution in [0.15, 0.2) is 17.1 Å². The van der Waals surface area contributed by atoms with Gasteiger partial charge in [0, 0.05) is 18.9 Å². The van der Waals surface area contributed by atoms with Gasteiger partial charge in [0.1, 0.15) is 12.4 Å². The number of ether oxygens (including phenoxy) is 2. The maximum absolute atomic E-state index is 6.28. The highest BCUT2D eigenvalue weighted by atomic mass is 35.5. The third-order valence-electron chi connectivity index (χ3n) is 3.34. The van der Waals surface area contributed by atoms with Crippen molar-refractivity contribution in [2.24, 2.45) is 10.9 Å². The van der Waals surface area contributed by atoms with Crippen LogP contribution in [0, 0.1) is 5.92 Å². The quantitative estimate of drug-likeness (QED) is 0.775. The number of hydrogen-bond donors (Lipinski definition) is 0. The number of methoxy groups -OCH3 is 1. The molecule has 1 atom stereocenters. The van der Waals surface area contributed by atoms with Gasteiger partial charge in [0.05, 0.1) is 17.7 Å². The lowest BCUT2D eigenvalue weighted by Gasteiger charge is -2.23. The highest BCUT2D eigenvalue weighted by molar-refractivity contribution is 6.33. The highest BCUT2D eigenvalue weighted by Gasteiger charge is 2.20.